The van der Waals surface area contributed by atoms with Crippen molar-refractivity contribution in [3.63, 3.8) is 0 Å². The smallest absolute Gasteiger partial charge is 0.347 e. The van der Waals surface area contributed by atoms with Gasteiger partial charge >= 0.3 is 23.9 Å². The summed E-state index contributed by atoms with van der Waals surface area (Å²) in [4.78, 5) is 53.2. The number of esters is 2. The maximum Gasteiger partial charge on any atom is 0.347 e. The third-order valence-electron chi connectivity index (χ3n) is 9.92. The fourth-order valence-electron chi connectivity index (χ4n) is 6.70. The second kappa shape index (κ2) is 19.4. The third-order valence-corrected chi connectivity index (χ3v) is 12.7. The fourth-order valence-corrected chi connectivity index (χ4v) is 8.73. The molecule has 1 fully saturated rings. The van der Waals surface area contributed by atoms with E-state index in [9.17, 15) is 29.4 Å². The molecule has 0 aliphatic carbocycles. The van der Waals surface area contributed by atoms with Crippen LogP contribution in [0.2, 0.25) is 10.0 Å². The summed E-state index contributed by atoms with van der Waals surface area (Å²) in [5, 5.41) is 35.7. The molecule has 7 rings (SSSR count). The van der Waals surface area contributed by atoms with E-state index in [-0.39, 0.29) is 55.1 Å². The van der Waals surface area contributed by atoms with Crippen LogP contribution >= 0.6 is 46.7 Å². The summed E-state index contributed by atoms with van der Waals surface area (Å²) in [6.07, 6.45) is 4.41. The topological polar surface area (TPSA) is 183 Å². The number of halogens is 2. The number of carboxylic acids is 2. The highest BCUT2D eigenvalue weighted by Crippen LogP contribution is 2.53. The molecule has 13 nitrogen and oxygen atoms in total. The number of phenols is 2. The fraction of sp³-hybridized carbons (Fsp3) is 0.286. The Morgan fingerprint density at radius 1 is 0.847 bits per heavy atom. The van der Waals surface area contributed by atoms with Crippen molar-refractivity contribution in [1.82, 2.24) is 9.80 Å². The number of carbonyl (C=O) groups excluding carboxylic acids is 2. The van der Waals surface area contributed by atoms with E-state index >= 15 is 0 Å². The number of rotatable bonds is 5. The van der Waals surface area contributed by atoms with Crippen LogP contribution in [0.5, 0.6) is 28.7 Å². The van der Waals surface area contributed by atoms with Crippen molar-refractivity contribution in [1.29, 1.82) is 0 Å². The van der Waals surface area contributed by atoms with Gasteiger partial charge in [-0.3, -0.25) is 4.90 Å². The number of methoxy groups -OCH3 is 1. The van der Waals surface area contributed by atoms with E-state index in [4.69, 9.17) is 47.6 Å². The first-order chi connectivity index (χ1) is 28.0. The van der Waals surface area contributed by atoms with Gasteiger partial charge in [-0.2, -0.15) is 0 Å². The molecule has 0 bridgehead atoms. The number of hydrogen-bond donors (Lipinski definition) is 4. The first kappa shape index (κ1) is 45.2. The Bertz CT molecular complexity index is 2330. The number of piperazine rings is 1. The minimum atomic E-state index is -1.26. The summed E-state index contributed by atoms with van der Waals surface area (Å²) in [7, 11) is 3.40. The first-order valence-electron chi connectivity index (χ1n) is 18.0. The summed E-state index contributed by atoms with van der Waals surface area (Å²) in [5.41, 5.74) is 3.28. The van der Waals surface area contributed by atoms with Crippen LogP contribution < -0.4 is 9.47 Å². The van der Waals surface area contributed by atoms with Crippen LogP contribution in [0.1, 0.15) is 54.6 Å². The summed E-state index contributed by atoms with van der Waals surface area (Å²) < 4.78 is 15.9. The number of nitrogens with zero attached hydrogens (tertiary/aromatic N) is 2. The molecule has 4 N–H and O–H groups in total. The molecule has 0 saturated carbocycles. The van der Waals surface area contributed by atoms with Gasteiger partial charge in [-0.05, 0) is 81.5 Å². The van der Waals surface area contributed by atoms with Crippen LogP contribution in [0.25, 0.3) is 0 Å². The van der Waals surface area contributed by atoms with E-state index in [1.807, 2.05) is 23.5 Å². The Morgan fingerprint density at radius 3 is 2.08 bits per heavy atom. The quantitative estimate of drug-likeness (QED) is 0.0647. The Labute approximate surface area is 359 Å². The van der Waals surface area contributed by atoms with E-state index in [1.165, 1.54) is 66.8 Å². The number of phenolic OH excluding ortho intramolecular Hbond substituents is 2. The molecule has 0 amide bonds. The second-order valence-electron chi connectivity index (χ2n) is 13.6. The minimum absolute atomic E-state index is 0.0131. The largest absolute Gasteiger partial charge is 0.507 e. The SMILES string of the molecule is COC(=O)c1c(C)c2c(c(C)c1O)OC(=O)c1c(C)c(Cl)c(O)c(Cl)c1O2.CSc1ccc2c(c1)C(N1CCN(C)CC1)Cc1ccccc1S2.O=C(O)C=CC(=O)O. The monoisotopic (exact) mass is 884 g/mol. The van der Waals surface area contributed by atoms with Crippen LogP contribution in [0.4, 0.5) is 0 Å². The lowest BCUT2D eigenvalue weighted by Crippen LogP contribution is -2.46. The van der Waals surface area contributed by atoms with Gasteiger partial charge in [-0.25, -0.2) is 19.2 Å². The van der Waals surface area contributed by atoms with Gasteiger partial charge in [0.05, 0.1) is 12.1 Å². The van der Waals surface area contributed by atoms with Gasteiger partial charge in [0, 0.05) is 70.2 Å². The zero-order valence-corrected chi connectivity index (χ0v) is 36.1. The third kappa shape index (κ3) is 9.94. The van der Waals surface area contributed by atoms with Crippen LogP contribution in [-0.4, -0.2) is 101 Å². The normalized spacial score (nSPS) is 15.9. The van der Waals surface area contributed by atoms with Crippen LogP contribution in [-0.2, 0) is 20.7 Å². The average molecular weight is 886 g/mol. The Kier molecular flexibility index (Phi) is 14.9. The summed E-state index contributed by atoms with van der Waals surface area (Å²) in [6.45, 7) is 9.10. The zero-order valence-electron chi connectivity index (χ0n) is 32.9. The molecule has 1 saturated heterocycles. The van der Waals surface area contributed by atoms with Crippen molar-refractivity contribution >= 4 is 70.6 Å². The van der Waals surface area contributed by atoms with Crippen molar-refractivity contribution in [2.45, 2.75) is 47.9 Å². The highest BCUT2D eigenvalue weighted by atomic mass is 35.5. The summed E-state index contributed by atoms with van der Waals surface area (Å²) in [5.74, 6) is -5.25. The molecule has 0 spiro atoms. The van der Waals surface area contributed by atoms with E-state index < -0.39 is 35.4 Å². The maximum atomic E-state index is 12.7. The zero-order chi connectivity index (χ0) is 43.3. The van der Waals surface area contributed by atoms with E-state index in [0.29, 0.717) is 18.2 Å². The molecule has 0 aromatic heterocycles. The van der Waals surface area contributed by atoms with Gasteiger partial charge in [-0.15, -0.1) is 11.8 Å². The molecule has 17 heteroatoms. The number of aliphatic carboxylic acids is 2. The van der Waals surface area contributed by atoms with Crippen molar-refractivity contribution in [3.05, 3.63) is 104 Å². The molecule has 1 atom stereocenters. The lowest BCUT2D eigenvalue weighted by Gasteiger charge is -2.38. The van der Waals surface area contributed by atoms with Crippen LogP contribution in [0.15, 0.2) is 69.3 Å². The van der Waals surface area contributed by atoms with Crippen LogP contribution in [0, 0.1) is 20.8 Å². The molecule has 0 radical (unpaired) electrons. The average Bonchev–Trinajstić information content (AvgIpc) is 3.49. The number of likely N-dealkylation sites (N-methyl/N-ethyl adjacent to an activating group) is 1. The van der Waals surface area contributed by atoms with E-state index in [1.54, 1.807) is 0 Å². The summed E-state index contributed by atoms with van der Waals surface area (Å²) >= 11 is 16.0. The molecular formula is C42H42Cl2N2O11S2. The van der Waals surface area contributed by atoms with E-state index in [2.05, 4.69) is 65.6 Å². The first-order valence-corrected chi connectivity index (χ1v) is 20.8. The van der Waals surface area contributed by atoms with Crippen molar-refractivity contribution in [2.75, 3.05) is 46.6 Å². The van der Waals surface area contributed by atoms with Crippen molar-refractivity contribution in [2.24, 2.45) is 0 Å². The predicted molar refractivity (Wildman–Crippen MR) is 226 cm³/mol. The number of carbonyl (C=O) groups is 4. The predicted octanol–water partition coefficient (Wildman–Crippen LogP) is 8.56. The second-order valence-corrected chi connectivity index (χ2v) is 16.3. The molecule has 4 aromatic rings. The highest BCUT2D eigenvalue weighted by Gasteiger charge is 2.36. The Morgan fingerprint density at radius 2 is 1.47 bits per heavy atom. The highest BCUT2D eigenvalue weighted by molar-refractivity contribution is 7.99. The minimum Gasteiger partial charge on any atom is -0.507 e. The molecule has 3 aliphatic heterocycles. The maximum absolute atomic E-state index is 12.7. The summed E-state index contributed by atoms with van der Waals surface area (Å²) in [6, 6.07) is 16.5. The van der Waals surface area contributed by atoms with Gasteiger partial charge < -0.3 is 39.5 Å². The number of hydrogen-bond acceptors (Lipinski definition) is 13. The van der Waals surface area contributed by atoms with Gasteiger partial charge in [-0.1, -0.05) is 53.2 Å². The molecular weight excluding hydrogens is 844 g/mol. The molecule has 59 heavy (non-hydrogen) atoms. The van der Waals surface area contributed by atoms with Gasteiger partial charge in [0.2, 0.25) is 0 Å². The Hall–Kier alpha value is -4.90. The van der Waals surface area contributed by atoms with Crippen LogP contribution in [0.3, 0.4) is 0 Å². The van der Waals surface area contributed by atoms with E-state index in [0.717, 1.165) is 19.5 Å². The van der Waals surface area contributed by atoms with Crippen molar-refractivity contribution in [3.8, 4) is 28.7 Å². The number of aromatic hydroxyl groups is 2. The Balaban J connectivity index is 0.000000191. The molecule has 312 valence electrons. The van der Waals surface area contributed by atoms with Gasteiger partial charge in [0.15, 0.2) is 23.0 Å². The number of fused-ring (bicyclic) bond motifs is 4. The number of ether oxygens (including phenoxy) is 3. The number of carboxylic acid groups (broad SMARTS) is 2. The molecule has 4 aromatic carbocycles. The van der Waals surface area contributed by atoms with Crippen molar-refractivity contribution < 1.29 is 53.8 Å². The number of benzene rings is 4. The van der Waals surface area contributed by atoms with Gasteiger partial charge in [0.25, 0.3) is 0 Å². The number of thioether (sulfide) groups is 1. The molecule has 3 heterocycles. The van der Waals surface area contributed by atoms with Gasteiger partial charge in [0.1, 0.15) is 21.9 Å². The molecule has 3 aliphatic rings. The lowest BCUT2D eigenvalue weighted by atomic mass is 9.96. The lowest BCUT2D eigenvalue weighted by molar-refractivity contribution is -0.134. The molecule has 1 unspecified atom stereocenters. The standard InChI is InChI=1S/C20H24N2S2.C18H14Cl2O7.C4H4O4/c1-21-9-11-22(12-10-21)18-13-15-5-3-4-6-19(15)24-20-8-7-16(23-2)14-17(18)20;1-5-9-16(11(20)13(22)10(5)19)26-14-6(2)8(17(23)25-4)12(21)7(3)15(14)27-18(9)24;5-3(6)1-2-4(7)8/h3-8,14,18H,9-13H2,1-2H3;21-22H,1-4H3;1-2H,(H,5,6)(H,7,8).